The third-order valence-electron chi connectivity index (χ3n) is 3.25. The van der Waals surface area contributed by atoms with Gasteiger partial charge in [-0.15, -0.1) is 22.9 Å². The zero-order chi connectivity index (χ0) is 13.8. The summed E-state index contributed by atoms with van der Waals surface area (Å²) in [5, 5.41) is 6.04. The second-order valence-corrected chi connectivity index (χ2v) is 6.15. The van der Waals surface area contributed by atoms with Crippen LogP contribution >= 0.6 is 22.9 Å². The van der Waals surface area contributed by atoms with Gasteiger partial charge in [0, 0.05) is 11.4 Å². The van der Waals surface area contributed by atoms with Crippen molar-refractivity contribution in [2.24, 2.45) is 0 Å². The summed E-state index contributed by atoms with van der Waals surface area (Å²) in [5.74, 6) is 0.552. The number of nitrogens with one attached hydrogen (secondary N) is 1. The molecule has 106 valence electrons. The smallest absolute Gasteiger partial charge is 0.234 e. The molecule has 6 heteroatoms. The zero-order valence-corrected chi connectivity index (χ0v) is 12.9. The minimum absolute atomic E-state index is 0.109. The van der Waals surface area contributed by atoms with E-state index in [4.69, 9.17) is 11.6 Å². The molecule has 0 aliphatic heterocycles. The molecule has 0 aromatic carbocycles. The topological polar surface area (TPSA) is 45.2 Å². The van der Waals surface area contributed by atoms with Gasteiger partial charge >= 0.3 is 0 Å². The highest BCUT2D eigenvalue weighted by atomic mass is 35.5. The lowest BCUT2D eigenvalue weighted by Crippen LogP contribution is -2.37. The number of amides is 1. The molecule has 4 nitrogen and oxygen atoms in total. The van der Waals surface area contributed by atoms with Crippen molar-refractivity contribution >= 4 is 28.8 Å². The van der Waals surface area contributed by atoms with Crippen LogP contribution in [0.5, 0.6) is 0 Å². The highest BCUT2D eigenvalue weighted by molar-refractivity contribution is 7.09. The van der Waals surface area contributed by atoms with Crippen molar-refractivity contribution in [1.29, 1.82) is 0 Å². The van der Waals surface area contributed by atoms with Crippen LogP contribution in [-0.4, -0.2) is 35.4 Å². The van der Waals surface area contributed by atoms with E-state index in [1.54, 1.807) is 11.3 Å². The maximum Gasteiger partial charge on any atom is 0.234 e. The van der Waals surface area contributed by atoms with Gasteiger partial charge in [0.15, 0.2) is 0 Å². The van der Waals surface area contributed by atoms with Crippen LogP contribution in [0.15, 0.2) is 5.38 Å². The largest absolute Gasteiger partial charge is 0.352 e. The lowest BCUT2D eigenvalue weighted by molar-refractivity contribution is -0.122. The maximum atomic E-state index is 11.8. The molecule has 1 N–H and O–H groups in total. The van der Waals surface area contributed by atoms with Gasteiger partial charge in [0.2, 0.25) is 5.91 Å². The van der Waals surface area contributed by atoms with Crippen molar-refractivity contribution in [2.75, 3.05) is 13.6 Å². The molecule has 0 saturated heterocycles. The minimum atomic E-state index is 0.109. The second-order valence-electron chi connectivity index (χ2n) is 4.99. The molecule has 1 heterocycles. The number of aromatic nitrogens is 1. The number of halogens is 1. The number of thiazole rings is 1. The second kappa shape index (κ2) is 6.68. The van der Waals surface area contributed by atoms with Crippen LogP contribution in [0.3, 0.4) is 0 Å². The van der Waals surface area contributed by atoms with Crippen LogP contribution in [0.25, 0.3) is 0 Å². The predicted molar refractivity (Wildman–Crippen MR) is 78.5 cm³/mol. The molecule has 1 unspecified atom stereocenters. The Morgan fingerprint density at radius 3 is 2.95 bits per heavy atom. The number of nitrogens with zero attached hydrogens (tertiary/aromatic N) is 2. The Balaban J connectivity index is 1.93. The van der Waals surface area contributed by atoms with E-state index in [-0.39, 0.29) is 11.9 Å². The average molecular weight is 302 g/mol. The standard InChI is InChI=1S/C13H20ClN3OS/c1-3-11(13-16-10(6-14)8-19-13)17(2)7-12(18)15-9-4-5-9/h8-9,11H,3-7H2,1-2H3,(H,15,18). The molecule has 0 bridgehead atoms. The Kier molecular flexibility index (Phi) is 5.19. The summed E-state index contributed by atoms with van der Waals surface area (Å²) in [4.78, 5) is 18.4. The molecule has 1 atom stereocenters. The van der Waals surface area contributed by atoms with Crippen molar-refractivity contribution < 1.29 is 4.79 Å². The minimum Gasteiger partial charge on any atom is -0.352 e. The van der Waals surface area contributed by atoms with Gasteiger partial charge in [-0.3, -0.25) is 9.69 Å². The molecule has 1 fully saturated rings. The van der Waals surface area contributed by atoms with Gasteiger partial charge in [0.1, 0.15) is 5.01 Å². The first-order valence-corrected chi connectivity index (χ1v) is 8.05. The summed E-state index contributed by atoms with van der Waals surface area (Å²) < 4.78 is 0. The first kappa shape index (κ1) is 14.8. The van der Waals surface area contributed by atoms with Crippen molar-refractivity contribution in [3.05, 3.63) is 16.1 Å². The van der Waals surface area contributed by atoms with Gasteiger partial charge in [-0.2, -0.15) is 0 Å². The summed E-state index contributed by atoms with van der Waals surface area (Å²) in [6.07, 6.45) is 3.18. The first-order valence-electron chi connectivity index (χ1n) is 6.64. The van der Waals surface area contributed by atoms with Gasteiger partial charge in [0.05, 0.1) is 24.2 Å². The maximum absolute atomic E-state index is 11.8. The van der Waals surface area contributed by atoms with E-state index < -0.39 is 0 Å². The Labute approximate surface area is 123 Å². The SMILES string of the molecule is CCC(c1nc(CCl)cs1)N(C)CC(=O)NC1CC1. The molecule has 1 aliphatic rings. The molecule has 2 rings (SSSR count). The molecule has 1 aliphatic carbocycles. The zero-order valence-electron chi connectivity index (χ0n) is 11.4. The fraction of sp³-hybridized carbons (Fsp3) is 0.692. The number of rotatable bonds is 7. The normalized spacial score (nSPS) is 16.6. The number of likely N-dealkylation sites (N-methyl/N-ethyl adjacent to an activating group) is 1. The Morgan fingerprint density at radius 1 is 1.68 bits per heavy atom. The van der Waals surface area contributed by atoms with E-state index in [1.165, 1.54) is 0 Å². The number of carbonyl (C=O) groups is 1. The number of hydrogen-bond acceptors (Lipinski definition) is 4. The lowest BCUT2D eigenvalue weighted by atomic mass is 10.2. The van der Waals surface area contributed by atoms with Crippen LogP contribution in [0.4, 0.5) is 0 Å². The molecule has 0 spiro atoms. The molecular weight excluding hydrogens is 282 g/mol. The number of carbonyl (C=O) groups excluding carboxylic acids is 1. The van der Waals surface area contributed by atoms with Crippen LogP contribution in [-0.2, 0) is 10.7 Å². The van der Waals surface area contributed by atoms with Crippen LogP contribution in [0, 0.1) is 0 Å². The monoisotopic (exact) mass is 301 g/mol. The summed E-state index contributed by atoms with van der Waals surface area (Å²) in [7, 11) is 1.97. The van der Waals surface area contributed by atoms with Gasteiger partial charge in [-0.05, 0) is 26.3 Å². The van der Waals surface area contributed by atoms with Crippen molar-refractivity contribution in [2.45, 2.75) is 44.1 Å². The molecule has 1 saturated carbocycles. The van der Waals surface area contributed by atoms with Crippen molar-refractivity contribution in [3.63, 3.8) is 0 Å². The van der Waals surface area contributed by atoms with E-state index in [0.717, 1.165) is 30.0 Å². The van der Waals surface area contributed by atoms with Gasteiger partial charge in [0.25, 0.3) is 0 Å². The van der Waals surface area contributed by atoms with Crippen LogP contribution in [0.1, 0.15) is 42.9 Å². The fourth-order valence-corrected chi connectivity index (χ4v) is 3.34. The van der Waals surface area contributed by atoms with E-state index in [0.29, 0.717) is 18.5 Å². The number of alkyl halides is 1. The van der Waals surface area contributed by atoms with E-state index in [9.17, 15) is 4.79 Å². The summed E-state index contributed by atoms with van der Waals surface area (Å²) in [5.41, 5.74) is 0.913. The first-order chi connectivity index (χ1) is 9.13. The van der Waals surface area contributed by atoms with Crippen molar-refractivity contribution in [3.8, 4) is 0 Å². The van der Waals surface area contributed by atoms with E-state index in [1.807, 2.05) is 12.4 Å². The molecule has 1 amide bonds. The molecular formula is C13H20ClN3OS. The Morgan fingerprint density at radius 2 is 2.42 bits per heavy atom. The fourth-order valence-electron chi connectivity index (χ4n) is 2.05. The quantitative estimate of drug-likeness (QED) is 0.787. The van der Waals surface area contributed by atoms with Gasteiger partial charge in [-0.25, -0.2) is 4.98 Å². The van der Waals surface area contributed by atoms with Crippen molar-refractivity contribution in [1.82, 2.24) is 15.2 Å². The van der Waals surface area contributed by atoms with Gasteiger partial charge in [-0.1, -0.05) is 6.92 Å². The lowest BCUT2D eigenvalue weighted by Gasteiger charge is -2.24. The summed E-state index contributed by atoms with van der Waals surface area (Å²) in [6, 6.07) is 0.607. The molecule has 1 aromatic rings. The summed E-state index contributed by atoms with van der Waals surface area (Å²) in [6.45, 7) is 2.53. The highest BCUT2D eigenvalue weighted by Crippen LogP contribution is 2.26. The third-order valence-corrected chi connectivity index (χ3v) is 4.51. The highest BCUT2D eigenvalue weighted by Gasteiger charge is 2.25. The summed E-state index contributed by atoms with van der Waals surface area (Å²) >= 11 is 7.40. The Bertz CT molecular complexity index is 433. The molecule has 19 heavy (non-hydrogen) atoms. The van der Waals surface area contributed by atoms with Gasteiger partial charge < -0.3 is 5.32 Å². The Hall–Kier alpha value is -0.650. The van der Waals surface area contributed by atoms with Crippen LogP contribution in [0.2, 0.25) is 0 Å². The molecule has 1 aromatic heterocycles. The third kappa shape index (κ3) is 4.16. The van der Waals surface area contributed by atoms with Crippen LogP contribution < -0.4 is 5.32 Å². The molecule has 0 radical (unpaired) electrons. The van der Waals surface area contributed by atoms with E-state index in [2.05, 4.69) is 22.1 Å². The average Bonchev–Trinajstić information content (AvgIpc) is 3.06. The number of hydrogen-bond donors (Lipinski definition) is 1. The predicted octanol–water partition coefficient (Wildman–Crippen LogP) is 2.54. The van der Waals surface area contributed by atoms with E-state index >= 15 is 0 Å².